The minimum Gasteiger partial charge on any atom is -0.366 e. The number of anilines is 1. The van der Waals surface area contributed by atoms with Crippen molar-refractivity contribution < 1.29 is 14.6 Å². The molecule has 1 aromatic carbocycles. The van der Waals surface area contributed by atoms with Gasteiger partial charge in [0.25, 0.3) is 0 Å². The summed E-state index contributed by atoms with van der Waals surface area (Å²) in [6.45, 7) is 8.31. The maximum absolute atomic E-state index is 13.2. The van der Waals surface area contributed by atoms with Crippen LogP contribution < -0.4 is 4.90 Å². The molecule has 1 unspecified atom stereocenters. The van der Waals surface area contributed by atoms with Gasteiger partial charge in [0.1, 0.15) is 5.69 Å². The summed E-state index contributed by atoms with van der Waals surface area (Å²) in [5, 5.41) is 19.0. The molecule has 30 heavy (non-hydrogen) atoms. The fourth-order valence-corrected chi connectivity index (χ4v) is 5.02. The van der Waals surface area contributed by atoms with Crippen LogP contribution in [0.5, 0.6) is 0 Å². The second-order valence-corrected chi connectivity index (χ2v) is 8.87. The standard InChI is InChI=1S/C23H28N4O3/c1-5-30-19(28)11-27-18-9-15-14-8-6-7-13-12(2)25-26-21(13)20(14)24-17(15)10-16(18)23(3,4)22(27)29/h9-10,19,24,28H,5-8,11H2,1-4H3,(H,25,26). The zero-order valence-corrected chi connectivity index (χ0v) is 17.9. The summed E-state index contributed by atoms with van der Waals surface area (Å²) in [5.41, 5.74) is 7.95. The Morgan fingerprint density at radius 1 is 1.30 bits per heavy atom. The number of β-amino-alcohol motifs (C(OH)–C–C–N with tert-alkyl or cyclic N) is 1. The van der Waals surface area contributed by atoms with E-state index in [0.29, 0.717) is 6.61 Å². The second-order valence-electron chi connectivity index (χ2n) is 8.87. The van der Waals surface area contributed by atoms with Crippen LogP contribution in [-0.2, 0) is 27.8 Å². The minimum atomic E-state index is -1.01. The molecule has 1 aliphatic carbocycles. The Hall–Kier alpha value is -2.64. The molecular formula is C23H28N4O3. The minimum absolute atomic E-state index is 0.0137. The van der Waals surface area contributed by atoms with Crippen molar-refractivity contribution in [2.45, 2.75) is 58.7 Å². The molecule has 2 aromatic heterocycles. The molecule has 3 N–H and O–H groups in total. The molecule has 0 spiro atoms. The van der Waals surface area contributed by atoms with Crippen LogP contribution in [0.4, 0.5) is 5.69 Å². The number of rotatable bonds is 4. The number of carbonyl (C=O) groups excluding carboxylic acids is 1. The molecule has 1 aliphatic heterocycles. The molecule has 1 amide bonds. The third kappa shape index (κ3) is 2.65. The van der Waals surface area contributed by atoms with Gasteiger partial charge >= 0.3 is 0 Å². The summed E-state index contributed by atoms with van der Waals surface area (Å²) in [4.78, 5) is 18.4. The fraction of sp³-hybridized carbons (Fsp3) is 0.478. The first kappa shape index (κ1) is 19.3. The summed E-state index contributed by atoms with van der Waals surface area (Å²) < 4.78 is 5.30. The Balaban J connectivity index is 1.68. The largest absolute Gasteiger partial charge is 0.366 e. The van der Waals surface area contributed by atoms with Crippen molar-refractivity contribution in [2.75, 3.05) is 18.1 Å². The van der Waals surface area contributed by atoms with Crippen LogP contribution in [-0.4, -0.2) is 45.6 Å². The summed E-state index contributed by atoms with van der Waals surface area (Å²) >= 11 is 0. The van der Waals surface area contributed by atoms with E-state index in [4.69, 9.17) is 4.74 Å². The van der Waals surface area contributed by atoms with Crippen LogP contribution in [0.2, 0.25) is 0 Å². The van der Waals surface area contributed by atoms with Gasteiger partial charge in [-0.25, -0.2) is 0 Å². The smallest absolute Gasteiger partial charge is 0.237 e. The van der Waals surface area contributed by atoms with Crippen molar-refractivity contribution in [3.63, 3.8) is 0 Å². The number of nitrogens with zero attached hydrogens (tertiary/aromatic N) is 2. The first-order valence-corrected chi connectivity index (χ1v) is 10.7. The van der Waals surface area contributed by atoms with Crippen LogP contribution in [0.15, 0.2) is 12.1 Å². The molecule has 0 bridgehead atoms. The van der Waals surface area contributed by atoms with E-state index in [-0.39, 0.29) is 12.5 Å². The summed E-state index contributed by atoms with van der Waals surface area (Å²) in [7, 11) is 0. The van der Waals surface area contributed by atoms with Gasteiger partial charge in [-0.15, -0.1) is 0 Å². The highest BCUT2D eigenvalue weighted by Crippen LogP contribution is 2.46. The molecule has 7 nitrogen and oxygen atoms in total. The Kier molecular flexibility index (Phi) is 4.31. The first-order valence-electron chi connectivity index (χ1n) is 10.7. The Morgan fingerprint density at radius 3 is 2.83 bits per heavy atom. The van der Waals surface area contributed by atoms with Crippen LogP contribution in [0.3, 0.4) is 0 Å². The first-order chi connectivity index (χ1) is 14.3. The lowest BCUT2D eigenvalue weighted by molar-refractivity contribution is -0.125. The Morgan fingerprint density at radius 2 is 2.07 bits per heavy atom. The third-order valence-electron chi connectivity index (χ3n) is 6.63. The van der Waals surface area contributed by atoms with Crippen molar-refractivity contribution in [3.05, 3.63) is 34.5 Å². The van der Waals surface area contributed by atoms with E-state index in [1.807, 2.05) is 20.8 Å². The van der Waals surface area contributed by atoms with Crippen molar-refractivity contribution in [3.8, 4) is 11.4 Å². The van der Waals surface area contributed by atoms with Gasteiger partial charge in [-0.2, -0.15) is 5.10 Å². The van der Waals surface area contributed by atoms with E-state index in [0.717, 1.165) is 58.5 Å². The number of amides is 1. The fourth-order valence-electron chi connectivity index (χ4n) is 5.02. The SMILES string of the molecule is CCOC(O)CN1C(=O)C(C)(C)c2cc3[nH]c4c(c3cc21)CCCc1c-4n[nH]c1C. The molecule has 3 aromatic rings. The number of hydrogen-bond donors (Lipinski definition) is 3. The zero-order valence-electron chi connectivity index (χ0n) is 17.9. The molecule has 0 radical (unpaired) electrons. The van der Waals surface area contributed by atoms with Gasteiger partial charge in [-0.3, -0.25) is 9.89 Å². The molecule has 2 aliphatic rings. The van der Waals surface area contributed by atoms with Gasteiger partial charge in [0.15, 0.2) is 6.29 Å². The number of aliphatic hydroxyl groups is 1. The monoisotopic (exact) mass is 408 g/mol. The van der Waals surface area contributed by atoms with E-state index in [1.54, 1.807) is 4.90 Å². The highest BCUT2D eigenvalue weighted by molar-refractivity contribution is 6.10. The van der Waals surface area contributed by atoms with E-state index in [1.165, 1.54) is 11.1 Å². The molecule has 5 rings (SSSR count). The van der Waals surface area contributed by atoms with E-state index >= 15 is 0 Å². The van der Waals surface area contributed by atoms with Crippen molar-refractivity contribution in [1.82, 2.24) is 15.2 Å². The predicted octanol–water partition coefficient (Wildman–Crippen LogP) is 3.33. The molecule has 0 saturated heterocycles. The predicted molar refractivity (Wildman–Crippen MR) is 116 cm³/mol. The van der Waals surface area contributed by atoms with Crippen LogP contribution in [0.1, 0.15) is 49.6 Å². The van der Waals surface area contributed by atoms with Gasteiger partial charge in [-0.1, -0.05) is 0 Å². The molecule has 158 valence electrons. The maximum atomic E-state index is 13.2. The summed E-state index contributed by atoms with van der Waals surface area (Å²) in [6.07, 6.45) is 2.02. The van der Waals surface area contributed by atoms with Crippen molar-refractivity contribution >= 4 is 22.5 Å². The number of aromatic nitrogens is 3. The number of fused-ring (bicyclic) bond motifs is 6. The lowest BCUT2D eigenvalue weighted by atomic mass is 9.85. The Labute approximate surface area is 175 Å². The quantitative estimate of drug-likeness (QED) is 0.577. The number of aromatic amines is 2. The second kappa shape index (κ2) is 6.68. The van der Waals surface area contributed by atoms with Gasteiger partial charge in [0, 0.05) is 34.5 Å². The number of hydrogen-bond acceptors (Lipinski definition) is 4. The summed E-state index contributed by atoms with van der Waals surface area (Å²) in [6, 6.07) is 4.21. The van der Waals surface area contributed by atoms with Gasteiger partial charge in [0.05, 0.1) is 17.7 Å². The number of ether oxygens (including phenoxy) is 1. The van der Waals surface area contributed by atoms with Gasteiger partial charge in [-0.05, 0) is 70.2 Å². The lowest BCUT2D eigenvalue weighted by Crippen LogP contribution is -2.41. The molecule has 7 heteroatoms. The average Bonchev–Trinajstić information content (AvgIpc) is 3.24. The molecule has 0 fully saturated rings. The van der Waals surface area contributed by atoms with Crippen LogP contribution in [0.25, 0.3) is 22.3 Å². The average molecular weight is 409 g/mol. The normalized spacial score (nSPS) is 18.3. The number of carbonyl (C=O) groups is 1. The highest BCUT2D eigenvalue weighted by Gasteiger charge is 2.45. The number of aliphatic hydroxyl groups excluding tert-OH is 1. The van der Waals surface area contributed by atoms with Crippen LogP contribution in [0, 0.1) is 6.92 Å². The van der Waals surface area contributed by atoms with Crippen molar-refractivity contribution in [2.24, 2.45) is 0 Å². The third-order valence-corrected chi connectivity index (χ3v) is 6.63. The van der Waals surface area contributed by atoms with Gasteiger partial charge < -0.3 is 19.7 Å². The lowest BCUT2D eigenvalue weighted by Gasteiger charge is -2.23. The summed E-state index contributed by atoms with van der Waals surface area (Å²) in [5.74, 6) is -0.0137. The zero-order chi connectivity index (χ0) is 21.2. The number of benzene rings is 1. The van der Waals surface area contributed by atoms with Crippen molar-refractivity contribution in [1.29, 1.82) is 0 Å². The molecular weight excluding hydrogens is 380 g/mol. The van der Waals surface area contributed by atoms with E-state index in [9.17, 15) is 9.90 Å². The van der Waals surface area contributed by atoms with E-state index < -0.39 is 11.7 Å². The number of H-pyrrole nitrogens is 2. The number of aryl methyl sites for hydroxylation is 2. The molecule has 0 saturated carbocycles. The molecule has 1 atom stereocenters. The number of nitrogens with one attached hydrogen (secondary N) is 2. The van der Waals surface area contributed by atoms with Crippen LogP contribution >= 0.6 is 0 Å². The maximum Gasteiger partial charge on any atom is 0.237 e. The Bertz CT molecular complexity index is 1160. The highest BCUT2D eigenvalue weighted by atomic mass is 16.6. The van der Waals surface area contributed by atoms with E-state index in [2.05, 4.69) is 34.2 Å². The topological polar surface area (TPSA) is 94.2 Å². The molecule has 3 heterocycles. The van der Waals surface area contributed by atoms with Gasteiger partial charge in [0.2, 0.25) is 5.91 Å².